The number of rotatable bonds is 4. The van der Waals surface area contributed by atoms with Gasteiger partial charge in [0.1, 0.15) is 5.75 Å². The number of halogens is 2. The van der Waals surface area contributed by atoms with Crippen LogP contribution in [0.4, 0.5) is 14.5 Å². The second kappa shape index (κ2) is 8.96. The Kier molecular flexibility index (Phi) is 7.63. The van der Waals surface area contributed by atoms with Crippen LogP contribution in [0.1, 0.15) is 58.9 Å². The van der Waals surface area contributed by atoms with E-state index in [4.69, 9.17) is 4.74 Å². The summed E-state index contributed by atoms with van der Waals surface area (Å²) in [5.41, 5.74) is 1.82. The molecule has 126 valence electrons. The summed E-state index contributed by atoms with van der Waals surface area (Å²) in [6, 6.07) is 5.69. The van der Waals surface area contributed by atoms with Gasteiger partial charge in [0.05, 0.1) is 0 Å². The van der Waals surface area contributed by atoms with Gasteiger partial charge in [-0.1, -0.05) is 40.7 Å². The van der Waals surface area contributed by atoms with E-state index in [9.17, 15) is 8.78 Å². The highest BCUT2D eigenvalue weighted by molar-refractivity contribution is 5.54. The molecule has 2 nitrogen and oxygen atoms in total. The molecule has 0 N–H and O–H groups in total. The molecule has 1 aromatic rings. The van der Waals surface area contributed by atoms with Crippen molar-refractivity contribution < 1.29 is 13.5 Å². The van der Waals surface area contributed by atoms with Crippen molar-refractivity contribution in [1.82, 2.24) is 0 Å². The Morgan fingerprint density at radius 2 is 1.73 bits per heavy atom. The smallest absolute Gasteiger partial charge is 0.387 e. The Balaban J connectivity index is 0.00000116. The maximum absolute atomic E-state index is 12.6. The third-order valence-corrected chi connectivity index (χ3v) is 3.98. The molecule has 0 radical (unpaired) electrons. The molecule has 0 bridgehead atoms. The van der Waals surface area contributed by atoms with Gasteiger partial charge in [-0.25, -0.2) is 0 Å². The number of hydrogen-bond acceptors (Lipinski definition) is 2. The standard InChI is InChI=1S/C16H23F2NO.C2H6/c1-11(2)14-5-4-13(10-15(14)20-16(17)18)19-8-6-12(3)7-9-19;1-2/h4-5,10-12,16H,6-9H2,1-3H3;1-2H3. The van der Waals surface area contributed by atoms with Gasteiger partial charge in [0.15, 0.2) is 0 Å². The summed E-state index contributed by atoms with van der Waals surface area (Å²) in [6.07, 6.45) is 2.30. The molecule has 1 heterocycles. The Hall–Kier alpha value is -1.32. The summed E-state index contributed by atoms with van der Waals surface area (Å²) in [5, 5.41) is 0. The minimum Gasteiger partial charge on any atom is -0.434 e. The van der Waals surface area contributed by atoms with Crippen molar-refractivity contribution in [3.05, 3.63) is 23.8 Å². The molecule has 1 aromatic carbocycles. The maximum atomic E-state index is 12.6. The van der Waals surface area contributed by atoms with Crippen molar-refractivity contribution in [2.45, 2.75) is 60.0 Å². The largest absolute Gasteiger partial charge is 0.434 e. The second-order valence-corrected chi connectivity index (χ2v) is 5.92. The van der Waals surface area contributed by atoms with Gasteiger partial charge < -0.3 is 9.64 Å². The molecule has 0 atom stereocenters. The van der Waals surface area contributed by atoms with E-state index in [0.29, 0.717) is 5.75 Å². The van der Waals surface area contributed by atoms with Gasteiger partial charge in [-0.05, 0) is 36.3 Å². The lowest BCUT2D eigenvalue weighted by molar-refractivity contribution is -0.0505. The third-order valence-electron chi connectivity index (χ3n) is 3.98. The van der Waals surface area contributed by atoms with Crippen LogP contribution in [-0.2, 0) is 0 Å². The highest BCUT2D eigenvalue weighted by atomic mass is 19.3. The van der Waals surface area contributed by atoms with Crippen molar-refractivity contribution in [3.8, 4) is 5.75 Å². The normalized spacial score (nSPS) is 15.8. The van der Waals surface area contributed by atoms with Crippen molar-refractivity contribution in [3.63, 3.8) is 0 Å². The molecule has 1 aliphatic rings. The SMILES string of the molecule is CC.CC1CCN(c2ccc(C(C)C)c(OC(F)F)c2)CC1. The van der Waals surface area contributed by atoms with Crippen LogP contribution in [0.3, 0.4) is 0 Å². The molecule has 0 aromatic heterocycles. The lowest BCUT2D eigenvalue weighted by Gasteiger charge is -2.32. The monoisotopic (exact) mass is 313 g/mol. The molecule has 1 aliphatic heterocycles. The van der Waals surface area contributed by atoms with Gasteiger partial charge in [0.2, 0.25) is 0 Å². The van der Waals surface area contributed by atoms with E-state index < -0.39 is 6.61 Å². The first-order valence-electron chi connectivity index (χ1n) is 8.31. The molecule has 0 saturated carbocycles. The van der Waals surface area contributed by atoms with Gasteiger partial charge in [-0.15, -0.1) is 0 Å². The molecular formula is C18H29F2NO. The lowest BCUT2D eigenvalue weighted by atomic mass is 9.97. The van der Waals surface area contributed by atoms with E-state index in [1.807, 2.05) is 39.8 Å². The molecule has 0 amide bonds. The number of ether oxygens (including phenoxy) is 1. The van der Waals surface area contributed by atoms with Crippen molar-refractivity contribution >= 4 is 5.69 Å². The van der Waals surface area contributed by atoms with Crippen molar-refractivity contribution in [2.24, 2.45) is 5.92 Å². The van der Waals surface area contributed by atoms with E-state index in [2.05, 4.69) is 11.8 Å². The van der Waals surface area contributed by atoms with Crippen molar-refractivity contribution in [1.29, 1.82) is 0 Å². The second-order valence-electron chi connectivity index (χ2n) is 5.92. The first-order valence-corrected chi connectivity index (χ1v) is 8.31. The zero-order valence-electron chi connectivity index (χ0n) is 14.4. The van der Waals surface area contributed by atoms with Gasteiger partial charge in [-0.3, -0.25) is 0 Å². The molecule has 22 heavy (non-hydrogen) atoms. The fourth-order valence-electron chi connectivity index (χ4n) is 2.66. The maximum Gasteiger partial charge on any atom is 0.387 e. The van der Waals surface area contributed by atoms with Crippen LogP contribution in [0.2, 0.25) is 0 Å². The number of hydrogen-bond donors (Lipinski definition) is 0. The van der Waals surface area contributed by atoms with Crippen LogP contribution < -0.4 is 9.64 Å². The Labute approximate surface area is 133 Å². The minimum atomic E-state index is -2.77. The number of piperidine rings is 1. The predicted molar refractivity (Wildman–Crippen MR) is 89.1 cm³/mol. The summed E-state index contributed by atoms with van der Waals surface area (Å²) in [5.74, 6) is 1.23. The molecule has 0 spiro atoms. The molecule has 1 fully saturated rings. The average Bonchev–Trinajstić information content (AvgIpc) is 2.49. The minimum absolute atomic E-state index is 0.166. The van der Waals surface area contributed by atoms with Crippen LogP contribution >= 0.6 is 0 Å². The fraction of sp³-hybridized carbons (Fsp3) is 0.667. The summed E-state index contributed by atoms with van der Waals surface area (Å²) in [6.45, 7) is 9.41. The molecule has 1 saturated heterocycles. The third kappa shape index (κ3) is 5.15. The highest BCUT2D eigenvalue weighted by Crippen LogP contribution is 2.33. The molecule has 2 rings (SSSR count). The number of anilines is 1. The lowest BCUT2D eigenvalue weighted by Crippen LogP contribution is -2.32. The Morgan fingerprint density at radius 3 is 2.23 bits per heavy atom. The van der Waals surface area contributed by atoms with Crippen LogP contribution in [0.25, 0.3) is 0 Å². The van der Waals surface area contributed by atoms with E-state index in [1.165, 1.54) is 0 Å². The summed E-state index contributed by atoms with van der Waals surface area (Å²) < 4.78 is 29.8. The zero-order valence-corrected chi connectivity index (χ0v) is 14.4. The van der Waals surface area contributed by atoms with E-state index in [0.717, 1.165) is 43.1 Å². The molecule has 0 unspecified atom stereocenters. The quantitative estimate of drug-likeness (QED) is 0.709. The van der Waals surface area contributed by atoms with Gasteiger partial charge in [-0.2, -0.15) is 8.78 Å². The first-order chi connectivity index (χ1) is 10.5. The molecule has 0 aliphatic carbocycles. The fourth-order valence-corrected chi connectivity index (χ4v) is 2.66. The summed E-state index contributed by atoms with van der Waals surface area (Å²) in [4.78, 5) is 2.25. The van der Waals surface area contributed by atoms with E-state index >= 15 is 0 Å². The van der Waals surface area contributed by atoms with Gasteiger partial charge in [0.25, 0.3) is 0 Å². The van der Waals surface area contributed by atoms with E-state index in [1.54, 1.807) is 6.07 Å². The highest BCUT2D eigenvalue weighted by Gasteiger charge is 2.19. The van der Waals surface area contributed by atoms with Crippen molar-refractivity contribution in [2.75, 3.05) is 18.0 Å². The Bertz CT molecular complexity index is 441. The molecule has 4 heteroatoms. The van der Waals surface area contributed by atoms with Crippen LogP contribution in [-0.4, -0.2) is 19.7 Å². The van der Waals surface area contributed by atoms with E-state index in [-0.39, 0.29) is 5.92 Å². The average molecular weight is 313 g/mol. The van der Waals surface area contributed by atoms with Gasteiger partial charge in [0, 0.05) is 24.8 Å². The number of alkyl halides is 2. The first kappa shape index (κ1) is 18.7. The topological polar surface area (TPSA) is 12.5 Å². The van der Waals surface area contributed by atoms with Crippen LogP contribution in [0.15, 0.2) is 18.2 Å². The number of benzene rings is 1. The Morgan fingerprint density at radius 1 is 1.14 bits per heavy atom. The van der Waals surface area contributed by atoms with Gasteiger partial charge >= 0.3 is 6.61 Å². The number of nitrogens with zero attached hydrogens (tertiary/aromatic N) is 1. The predicted octanol–water partition coefficient (Wildman–Crippen LogP) is 5.67. The zero-order chi connectivity index (χ0) is 16.7. The summed E-state index contributed by atoms with van der Waals surface area (Å²) >= 11 is 0. The molecular weight excluding hydrogens is 284 g/mol. The van der Waals surface area contributed by atoms with Crippen LogP contribution in [0.5, 0.6) is 5.75 Å². The summed E-state index contributed by atoms with van der Waals surface area (Å²) in [7, 11) is 0. The van der Waals surface area contributed by atoms with Crippen LogP contribution in [0, 0.1) is 5.92 Å².